The fourth-order valence-electron chi connectivity index (χ4n) is 3.29. The molecule has 0 bridgehead atoms. The van der Waals surface area contributed by atoms with Crippen LogP contribution in [0.1, 0.15) is 5.56 Å². The van der Waals surface area contributed by atoms with Gasteiger partial charge in [-0.25, -0.2) is 9.18 Å². The van der Waals surface area contributed by atoms with E-state index in [9.17, 15) is 9.18 Å². The van der Waals surface area contributed by atoms with Gasteiger partial charge in [0.2, 0.25) is 0 Å². The first-order valence-corrected chi connectivity index (χ1v) is 8.44. The molecule has 1 aliphatic rings. The second-order valence-electron chi connectivity index (χ2n) is 6.34. The highest BCUT2D eigenvalue weighted by atomic mass is 19.1. The largest absolute Gasteiger partial charge is 0.422 e. The molecule has 4 rings (SSSR count). The second kappa shape index (κ2) is 6.69. The summed E-state index contributed by atoms with van der Waals surface area (Å²) in [4.78, 5) is 16.6. The molecular formula is C20H19FN2O2. The molecule has 4 nitrogen and oxygen atoms in total. The number of anilines is 1. The molecule has 1 fully saturated rings. The van der Waals surface area contributed by atoms with E-state index in [4.69, 9.17) is 4.42 Å². The fraction of sp³-hybridized carbons (Fsp3) is 0.250. The van der Waals surface area contributed by atoms with Gasteiger partial charge in [0.25, 0.3) is 0 Å². The summed E-state index contributed by atoms with van der Waals surface area (Å²) in [6, 6.07) is 16.1. The van der Waals surface area contributed by atoms with Gasteiger partial charge in [0.15, 0.2) is 0 Å². The average Bonchev–Trinajstić information content (AvgIpc) is 2.63. The van der Waals surface area contributed by atoms with Crippen molar-refractivity contribution in [1.82, 2.24) is 4.90 Å². The zero-order chi connectivity index (χ0) is 17.2. The molecule has 1 aromatic heterocycles. The molecule has 2 heterocycles. The summed E-state index contributed by atoms with van der Waals surface area (Å²) >= 11 is 0. The fourth-order valence-corrected chi connectivity index (χ4v) is 3.29. The normalized spacial score (nSPS) is 15.6. The van der Waals surface area contributed by atoms with Gasteiger partial charge in [-0.3, -0.25) is 4.90 Å². The zero-order valence-corrected chi connectivity index (χ0v) is 13.8. The summed E-state index contributed by atoms with van der Waals surface area (Å²) < 4.78 is 18.8. The van der Waals surface area contributed by atoms with Gasteiger partial charge in [-0.1, -0.05) is 24.3 Å². The van der Waals surface area contributed by atoms with E-state index in [1.807, 2.05) is 30.3 Å². The molecule has 0 saturated carbocycles. The lowest BCUT2D eigenvalue weighted by Gasteiger charge is -2.36. The van der Waals surface area contributed by atoms with Gasteiger partial charge in [0, 0.05) is 43.8 Å². The van der Waals surface area contributed by atoms with Gasteiger partial charge < -0.3 is 9.32 Å². The Labute approximate surface area is 145 Å². The van der Waals surface area contributed by atoms with Gasteiger partial charge in [-0.05, 0) is 30.3 Å². The number of rotatable bonds is 3. The van der Waals surface area contributed by atoms with E-state index in [1.165, 1.54) is 6.07 Å². The van der Waals surface area contributed by atoms with E-state index >= 15 is 0 Å². The molecule has 0 atom stereocenters. The maximum atomic E-state index is 13.4. The SMILES string of the molecule is O=c1oc2ccccc2cc1CN1CCN(c2cccc(F)c2)CC1. The lowest BCUT2D eigenvalue weighted by atomic mass is 10.1. The molecule has 5 heteroatoms. The van der Waals surface area contributed by atoms with E-state index in [0.717, 1.165) is 37.3 Å². The van der Waals surface area contributed by atoms with Gasteiger partial charge in [0.1, 0.15) is 11.4 Å². The van der Waals surface area contributed by atoms with E-state index in [-0.39, 0.29) is 11.4 Å². The summed E-state index contributed by atoms with van der Waals surface area (Å²) in [6.45, 7) is 3.83. The molecule has 128 valence electrons. The van der Waals surface area contributed by atoms with Crippen molar-refractivity contribution in [3.05, 3.63) is 76.4 Å². The predicted octanol–water partition coefficient (Wildman–Crippen LogP) is 3.25. The van der Waals surface area contributed by atoms with Gasteiger partial charge in [0.05, 0.1) is 5.56 Å². The third-order valence-corrected chi connectivity index (χ3v) is 4.65. The van der Waals surface area contributed by atoms with Crippen molar-refractivity contribution in [2.45, 2.75) is 6.54 Å². The van der Waals surface area contributed by atoms with Crippen LogP contribution in [0.15, 0.2) is 63.8 Å². The summed E-state index contributed by atoms with van der Waals surface area (Å²) in [5.41, 5.74) is 1.93. The van der Waals surface area contributed by atoms with E-state index in [2.05, 4.69) is 9.80 Å². The van der Waals surface area contributed by atoms with Crippen LogP contribution in [0, 0.1) is 5.82 Å². The van der Waals surface area contributed by atoms with Crippen LogP contribution in [0.4, 0.5) is 10.1 Å². The molecule has 2 aromatic carbocycles. The van der Waals surface area contributed by atoms with Crippen LogP contribution < -0.4 is 10.5 Å². The van der Waals surface area contributed by atoms with Crippen LogP contribution in [0.2, 0.25) is 0 Å². The monoisotopic (exact) mass is 338 g/mol. The van der Waals surface area contributed by atoms with Gasteiger partial charge in [-0.2, -0.15) is 0 Å². The van der Waals surface area contributed by atoms with Crippen LogP contribution in [-0.4, -0.2) is 31.1 Å². The van der Waals surface area contributed by atoms with Gasteiger partial charge >= 0.3 is 5.63 Å². The molecule has 0 radical (unpaired) electrons. The number of benzene rings is 2. The van der Waals surface area contributed by atoms with Crippen LogP contribution in [0.25, 0.3) is 11.0 Å². The van der Waals surface area contributed by atoms with Crippen molar-refractivity contribution in [1.29, 1.82) is 0 Å². The predicted molar refractivity (Wildman–Crippen MR) is 96.4 cm³/mol. The molecule has 1 aliphatic heterocycles. The van der Waals surface area contributed by atoms with Crippen molar-refractivity contribution in [2.75, 3.05) is 31.1 Å². The Morgan fingerprint density at radius 3 is 2.56 bits per heavy atom. The van der Waals surface area contributed by atoms with Crippen LogP contribution >= 0.6 is 0 Å². The Balaban J connectivity index is 1.45. The van der Waals surface area contributed by atoms with Crippen LogP contribution in [-0.2, 0) is 6.54 Å². The quantitative estimate of drug-likeness (QED) is 0.687. The highest BCUT2D eigenvalue weighted by molar-refractivity contribution is 5.76. The molecule has 0 amide bonds. The Bertz CT molecular complexity index is 946. The molecule has 1 saturated heterocycles. The lowest BCUT2D eigenvalue weighted by Crippen LogP contribution is -2.46. The first kappa shape index (κ1) is 15.8. The maximum Gasteiger partial charge on any atom is 0.340 e. The van der Waals surface area contributed by atoms with E-state index in [1.54, 1.807) is 18.2 Å². The molecule has 3 aromatic rings. The lowest BCUT2D eigenvalue weighted by molar-refractivity contribution is 0.247. The number of nitrogens with zero attached hydrogens (tertiary/aromatic N) is 2. The van der Waals surface area contributed by atoms with Crippen LogP contribution in [0.5, 0.6) is 0 Å². The minimum atomic E-state index is -0.272. The third kappa shape index (κ3) is 3.42. The van der Waals surface area contributed by atoms with Crippen LogP contribution in [0.3, 0.4) is 0 Å². The Morgan fingerprint density at radius 2 is 1.76 bits per heavy atom. The third-order valence-electron chi connectivity index (χ3n) is 4.65. The minimum Gasteiger partial charge on any atom is -0.422 e. The summed E-state index contributed by atoms with van der Waals surface area (Å²) in [7, 11) is 0. The molecular weight excluding hydrogens is 319 g/mol. The number of piperazine rings is 1. The summed E-state index contributed by atoms with van der Waals surface area (Å²) in [6.07, 6.45) is 0. The summed E-state index contributed by atoms with van der Waals surface area (Å²) in [5.74, 6) is -0.214. The van der Waals surface area contributed by atoms with E-state index in [0.29, 0.717) is 17.7 Å². The molecule has 0 aliphatic carbocycles. The van der Waals surface area contributed by atoms with E-state index < -0.39 is 0 Å². The Morgan fingerprint density at radius 1 is 0.960 bits per heavy atom. The van der Waals surface area contributed by atoms with Crippen molar-refractivity contribution in [2.24, 2.45) is 0 Å². The molecule has 0 spiro atoms. The number of fused-ring (bicyclic) bond motifs is 1. The average molecular weight is 338 g/mol. The number of hydrogen-bond acceptors (Lipinski definition) is 4. The van der Waals surface area contributed by atoms with Crippen molar-refractivity contribution < 1.29 is 8.81 Å². The molecule has 0 unspecified atom stereocenters. The minimum absolute atomic E-state index is 0.214. The van der Waals surface area contributed by atoms with Crippen molar-refractivity contribution >= 4 is 16.7 Å². The maximum absolute atomic E-state index is 13.4. The number of halogens is 1. The highest BCUT2D eigenvalue weighted by Crippen LogP contribution is 2.19. The standard InChI is InChI=1S/C20H19FN2O2/c21-17-5-3-6-18(13-17)23-10-8-22(9-11-23)14-16-12-15-4-1-2-7-19(15)25-20(16)24/h1-7,12-13H,8-11,14H2. The Hall–Kier alpha value is -2.66. The first-order chi connectivity index (χ1) is 12.2. The second-order valence-corrected chi connectivity index (χ2v) is 6.34. The topological polar surface area (TPSA) is 36.7 Å². The molecule has 0 N–H and O–H groups in total. The zero-order valence-electron chi connectivity index (χ0n) is 13.8. The highest BCUT2D eigenvalue weighted by Gasteiger charge is 2.19. The van der Waals surface area contributed by atoms with Crippen molar-refractivity contribution in [3.63, 3.8) is 0 Å². The van der Waals surface area contributed by atoms with Crippen molar-refractivity contribution in [3.8, 4) is 0 Å². The van der Waals surface area contributed by atoms with Gasteiger partial charge in [-0.15, -0.1) is 0 Å². The number of hydrogen-bond donors (Lipinski definition) is 0. The molecule has 25 heavy (non-hydrogen) atoms. The Kier molecular flexibility index (Phi) is 4.24. The first-order valence-electron chi connectivity index (χ1n) is 8.44. The number of para-hydroxylation sites is 1. The smallest absolute Gasteiger partial charge is 0.340 e. The summed E-state index contributed by atoms with van der Waals surface area (Å²) in [5, 5.41) is 0.940.